The topological polar surface area (TPSA) is 68.0 Å². The van der Waals surface area contributed by atoms with Crippen LogP contribution in [0, 0.1) is 0 Å². The van der Waals surface area contributed by atoms with Gasteiger partial charge in [0.2, 0.25) is 0 Å². The van der Waals surface area contributed by atoms with E-state index in [2.05, 4.69) is 22.8 Å². The Bertz CT molecular complexity index is 969. The summed E-state index contributed by atoms with van der Waals surface area (Å²) in [7, 11) is 1.67. The molecule has 0 saturated carbocycles. The minimum Gasteiger partial charge on any atom is -0.497 e. The standard InChI is InChI=1S/C24H27N3O3/c1-28-20-7-4-6-18(16-20)17-26-24(25-13-11-19-8-5-14-29-19)27-22-12-15-30-23-10-3-2-9-21(22)23/h2-10,14,16,22H,11-13,15,17H2,1H3,(H2,25,26,27). The molecule has 2 aromatic carbocycles. The maximum Gasteiger partial charge on any atom is 0.192 e. The summed E-state index contributed by atoms with van der Waals surface area (Å²) in [6.07, 6.45) is 3.37. The minimum atomic E-state index is 0.148. The van der Waals surface area contributed by atoms with E-state index in [9.17, 15) is 0 Å². The maximum absolute atomic E-state index is 5.79. The molecule has 0 aliphatic carbocycles. The zero-order valence-electron chi connectivity index (χ0n) is 17.1. The number of nitrogens with one attached hydrogen (secondary N) is 2. The third-order valence-corrected chi connectivity index (χ3v) is 5.07. The van der Waals surface area contributed by atoms with E-state index in [1.807, 2.05) is 48.5 Å². The molecule has 6 heteroatoms. The molecule has 0 amide bonds. The number of hydrogen-bond acceptors (Lipinski definition) is 4. The van der Waals surface area contributed by atoms with Gasteiger partial charge in [-0.25, -0.2) is 4.99 Å². The van der Waals surface area contributed by atoms with Crippen LogP contribution in [0.1, 0.15) is 29.3 Å². The first-order chi connectivity index (χ1) is 14.8. The van der Waals surface area contributed by atoms with E-state index in [1.165, 1.54) is 0 Å². The second-order valence-corrected chi connectivity index (χ2v) is 7.14. The second kappa shape index (κ2) is 9.87. The van der Waals surface area contributed by atoms with Crippen molar-refractivity contribution >= 4 is 5.96 Å². The van der Waals surface area contributed by atoms with Gasteiger partial charge in [-0.1, -0.05) is 30.3 Å². The number of methoxy groups -OCH3 is 1. The van der Waals surface area contributed by atoms with Crippen LogP contribution >= 0.6 is 0 Å². The Morgan fingerprint density at radius 2 is 2.07 bits per heavy atom. The fourth-order valence-corrected chi connectivity index (χ4v) is 3.51. The van der Waals surface area contributed by atoms with Crippen LogP contribution in [0.25, 0.3) is 0 Å². The van der Waals surface area contributed by atoms with Crippen LogP contribution in [-0.4, -0.2) is 26.2 Å². The van der Waals surface area contributed by atoms with Gasteiger partial charge in [-0.3, -0.25) is 0 Å². The van der Waals surface area contributed by atoms with E-state index >= 15 is 0 Å². The normalized spacial score (nSPS) is 15.8. The van der Waals surface area contributed by atoms with Gasteiger partial charge in [0, 0.05) is 24.9 Å². The number of guanidine groups is 1. The third-order valence-electron chi connectivity index (χ3n) is 5.07. The highest BCUT2D eigenvalue weighted by Crippen LogP contribution is 2.31. The lowest BCUT2D eigenvalue weighted by atomic mass is 10.0. The zero-order valence-corrected chi connectivity index (χ0v) is 17.1. The molecule has 156 valence electrons. The predicted molar refractivity (Wildman–Crippen MR) is 117 cm³/mol. The fourth-order valence-electron chi connectivity index (χ4n) is 3.51. The molecule has 1 aliphatic rings. The van der Waals surface area contributed by atoms with Crippen LogP contribution in [0.5, 0.6) is 11.5 Å². The van der Waals surface area contributed by atoms with Crippen molar-refractivity contribution in [2.24, 2.45) is 4.99 Å². The second-order valence-electron chi connectivity index (χ2n) is 7.14. The van der Waals surface area contributed by atoms with E-state index in [-0.39, 0.29) is 6.04 Å². The van der Waals surface area contributed by atoms with Crippen LogP contribution < -0.4 is 20.1 Å². The van der Waals surface area contributed by atoms with Gasteiger partial charge in [0.05, 0.1) is 32.6 Å². The number of fused-ring (bicyclic) bond motifs is 1. The largest absolute Gasteiger partial charge is 0.497 e. The summed E-state index contributed by atoms with van der Waals surface area (Å²) < 4.78 is 16.6. The summed E-state index contributed by atoms with van der Waals surface area (Å²) in [6, 6.07) is 20.2. The summed E-state index contributed by atoms with van der Waals surface area (Å²) in [5.41, 5.74) is 2.25. The van der Waals surface area contributed by atoms with Crippen molar-refractivity contribution in [3.63, 3.8) is 0 Å². The summed E-state index contributed by atoms with van der Waals surface area (Å²) in [5, 5.41) is 7.03. The highest BCUT2D eigenvalue weighted by molar-refractivity contribution is 5.80. The van der Waals surface area contributed by atoms with Gasteiger partial charge in [-0.15, -0.1) is 0 Å². The molecule has 0 bridgehead atoms. The molecule has 30 heavy (non-hydrogen) atoms. The molecule has 0 spiro atoms. The zero-order chi connectivity index (χ0) is 20.6. The van der Waals surface area contributed by atoms with Gasteiger partial charge in [0.25, 0.3) is 0 Å². The van der Waals surface area contributed by atoms with E-state index in [0.29, 0.717) is 13.2 Å². The molecular formula is C24H27N3O3. The highest BCUT2D eigenvalue weighted by atomic mass is 16.5. The Kier molecular flexibility index (Phi) is 6.54. The Labute approximate surface area is 176 Å². The number of hydrogen-bond donors (Lipinski definition) is 2. The van der Waals surface area contributed by atoms with Crippen LogP contribution in [0.3, 0.4) is 0 Å². The molecule has 0 radical (unpaired) electrons. The van der Waals surface area contributed by atoms with Crippen LogP contribution in [0.2, 0.25) is 0 Å². The lowest BCUT2D eigenvalue weighted by Crippen LogP contribution is -2.41. The number of rotatable bonds is 7. The van der Waals surface area contributed by atoms with Gasteiger partial charge < -0.3 is 24.5 Å². The summed E-state index contributed by atoms with van der Waals surface area (Å²) in [5.74, 6) is 3.49. The van der Waals surface area contributed by atoms with Crippen molar-refractivity contribution in [2.75, 3.05) is 20.3 Å². The fraction of sp³-hybridized carbons (Fsp3) is 0.292. The molecule has 1 unspecified atom stereocenters. The summed E-state index contributed by atoms with van der Waals surface area (Å²) in [6.45, 7) is 1.96. The first-order valence-corrected chi connectivity index (χ1v) is 10.2. The molecule has 0 saturated heterocycles. The van der Waals surface area contributed by atoms with Gasteiger partial charge in [0.15, 0.2) is 5.96 Å². The lowest BCUT2D eigenvalue weighted by molar-refractivity contribution is 0.261. The van der Waals surface area contributed by atoms with Crippen molar-refractivity contribution in [1.82, 2.24) is 10.6 Å². The van der Waals surface area contributed by atoms with E-state index in [0.717, 1.165) is 53.7 Å². The van der Waals surface area contributed by atoms with Crippen molar-refractivity contribution < 1.29 is 13.9 Å². The van der Waals surface area contributed by atoms with E-state index in [1.54, 1.807) is 13.4 Å². The number of nitrogens with zero attached hydrogens (tertiary/aromatic N) is 1. The Morgan fingerprint density at radius 1 is 1.13 bits per heavy atom. The number of ether oxygens (including phenoxy) is 2. The average molecular weight is 405 g/mol. The monoisotopic (exact) mass is 405 g/mol. The van der Waals surface area contributed by atoms with Crippen LogP contribution in [-0.2, 0) is 13.0 Å². The highest BCUT2D eigenvalue weighted by Gasteiger charge is 2.21. The van der Waals surface area contributed by atoms with Gasteiger partial charge in [-0.2, -0.15) is 0 Å². The number of para-hydroxylation sites is 1. The lowest BCUT2D eigenvalue weighted by Gasteiger charge is -2.28. The van der Waals surface area contributed by atoms with Gasteiger partial charge in [-0.05, 0) is 35.9 Å². The Balaban J connectivity index is 1.47. The minimum absolute atomic E-state index is 0.148. The number of aliphatic imine (C=N–C) groups is 1. The van der Waals surface area contributed by atoms with E-state index < -0.39 is 0 Å². The molecular weight excluding hydrogens is 378 g/mol. The first-order valence-electron chi connectivity index (χ1n) is 10.2. The van der Waals surface area contributed by atoms with Crippen molar-refractivity contribution in [3.05, 3.63) is 83.8 Å². The van der Waals surface area contributed by atoms with E-state index in [4.69, 9.17) is 18.9 Å². The molecule has 3 aromatic rings. The van der Waals surface area contributed by atoms with Crippen molar-refractivity contribution in [3.8, 4) is 11.5 Å². The molecule has 1 aliphatic heterocycles. The van der Waals surface area contributed by atoms with Gasteiger partial charge in [0.1, 0.15) is 17.3 Å². The number of benzene rings is 2. The molecule has 0 fully saturated rings. The van der Waals surface area contributed by atoms with Crippen LogP contribution in [0.4, 0.5) is 0 Å². The predicted octanol–water partition coefficient (Wildman–Crippen LogP) is 4.09. The Hall–Kier alpha value is -3.41. The smallest absolute Gasteiger partial charge is 0.192 e. The molecule has 1 aromatic heterocycles. The quantitative estimate of drug-likeness (QED) is 0.458. The Morgan fingerprint density at radius 3 is 2.93 bits per heavy atom. The summed E-state index contributed by atoms with van der Waals surface area (Å²) in [4.78, 5) is 4.82. The van der Waals surface area contributed by atoms with Crippen LogP contribution in [0.15, 0.2) is 76.3 Å². The third kappa shape index (κ3) is 5.14. The molecule has 2 N–H and O–H groups in total. The van der Waals surface area contributed by atoms with Gasteiger partial charge >= 0.3 is 0 Å². The average Bonchev–Trinajstić information content (AvgIpc) is 3.31. The molecule has 2 heterocycles. The molecule has 1 atom stereocenters. The summed E-state index contributed by atoms with van der Waals surface area (Å²) >= 11 is 0. The first kappa shape index (κ1) is 19.9. The number of furan rings is 1. The van der Waals surface area contributed by atoms with Crippen molar-refractivity contribution in [1.29, 1.82) is 0 Å². The molecule has 6 nitrogen and oxygen atoms in total. The molecule has 4 rings (SSSR count). The van der Waals surface area contributed by atoms with Crippen molar-refractivity contribution in [2.45, 2.75) is 25.4 Å². The maximum atomic E-state index is 5.79. The SMILES string of the molecule is COc1cccc(CN=C(NCCc2ccco2)NC2CCOc3ccccc32)c1.